The fourth-order valence-corrected chi connectivity index (χ4v) is 3.53. The fourth-order valence-electron chi connectivity index (χ4n) is 2.34. The van der Waals surface area contributed by atoms with Gasteiger partial charge < -0.3 is 10.1 Å². The number of thiazole rings is 1. The first-order valence-corrected chi connectivity index (χ1v) is 7.94. The maximum absolute atomic E-state index is 5.80. The zero-order chi connectivity index (χ0) is 12.8. The molecule has 2 heterocycles. The summed E-state index contributed by atoms with van der Waals surface area (Å²) in [6.45, 7) is 7.24. The van der Waals surface area contributed by atoms with Crippen LogP contribution in [0.3, 0.4) is 0 Å². The summed E-state index contributed by atoms with van der Waals surface area (Å²) in [7, 11) is 0. The van der Waals surface area contributed by atoms with Crippen molar-refractivity contribution in [3.05, 3.63) is 15.6 Å². The first-order chi connectivity index (χ1) is 8.83. The first kappa shape index (κ1) is 14.0. The molecule has 1 aromatic rings. The minimum atomic E-state index is 0.404. The van der Waals surface area contributed by atoms with E-state index in [9.17, 15) is 0 Å². The highest BCUT2D eigenvalue weighted by atomic mass is 32.1. The van der Waals surface area contributed by atoms with Crippen molar-refractivity contribution in [2.45, 2.75) is 58.6 Å². The van der Waals surface area contributed by atoms with E-state index in [0.29, 0.717) is 6.10 Å². The molecule has 3 nitrogen and oxygen atoms in total. The van der Waals surface area contributed by atoms with Crippen molar-refractivity contribution < 1.29 is 4.74 Å². The highest BCUT2D eigenvalue weighted by Gasteiger charge is 2.17. The van der Waals surface area contributed by atoms with Gasteiger partial charge in [-0.1, -0.05) is 13.8 Å². The molecule has 1 atom stereocenters. The average Bonchev–Trinajstić information content (AvgIpc) is 2.79. The molecule has 0 aromatic carbocycles. The van der Waals surface area contributed by atoms with Gasteiger partial charge in [-0.15, -0.1) is 11.3 Å². The van der Waals surface area contributed by atoms with Gasteiger partial charge in [0.2, 0.25) is 0 Å². The van der Waals surface area contributed by atoms with Crippen LogP contribution in [-0.2, 0) is 24.1 Å². The summed E-state index contributed by atoms with van der Waals surface area (Å²) in [5, 5.41) is 4.65. The molecule has 18 heavy (non-hydrogen) atoms. The Morgan fingerprint density at radius 3 is 2.94 bits per heavy atom. The normalized spacial score (nSPS) is 20.2. The molecule has 1 aliphatic heterocycles. The van der Waals surface area contributed by atoms with Gasteiger partial charge in [0.1, 0.15) is 0 Å². The van der Waals surface area contributed by atoms with E-state index < -0.39 is 0 Å². The number of aromatic nitrogens is 1. The van der Waals surface area contributed by atoms with Gasteiger partial charge in [-0.2, -0.15) is 0 Å². The molecule has 1 aliphatic rings. The van der Waals surface area contributed by atoms with E-state index in [1.54, 1.807) is 0 Å². The van der Waals surface area contributed by atoms with Crippen LogP contribution in [0.5, 0.6) is 0 Å². The van der Waals surface area contributed by atoms with Crippen LogP contribution in [0.4, 0.5) is 0 Å². The Hall–Kier alpha value is -0.450. The monoisotopic (exact) mass is 268 g/mol. The van der Waals surface area contributed by atoms with E-state index in [1.807, 2.05) is 11.3 Å². The topological polar surface area (TPSA) is 34.1 Å². The lowest BCUT2D eigenvalue weighted by Crippen LogP contribution is -2.21. The van der Waals surface area contributed by atoms with Crippen LogP contribution in [0.25, 0.3) is 0 Å². The van der Waals surface area contributed by atoms with E-state index in [-0.39, 0.29) is 0 Å². The molecule has 0 radical (unpaired) electrons. The summed E-state index contributed by atoms with van der Waals surface area (Å²) in [4.78, 5) is 6.18. The van der Waals surface area contributed by atoms with Crippen molar-refractivity contribution in [1.29, 1.82) is 0 Å². The zero-order valence-electron chi connectivity index (χ0n) is 11.5. The predicted octanol–water partition coefficient (Wildman–Crippen LogP) is 2.93. The third-order valence-corrected chi connectivity index (χ3v) is 4.49. The molecule has 1 unspecified atom stereocenters. The molecule has 1 saturated heterocycles. The maximum atomic E-state index is 5.80. The highest BCUT2D eigenvalue weighted by molar-refractivity contribution is 7.11. The maximum Gasteiger partial charge on any atom is 0.0957 e. The van der Waals surface area contributed by atoms with Crippen molar-refractivity contribution in [3.63, 3.8) is 0 Å². The van der Waals surface area contributed by atoms with E-state index in [2.05, 4.69) is 19.2 Å². The summed E-state index contributed by atoms with van der Waals surface area (Å²) in [6.07, 6.45) is 6.17. The molecule has 2 rings (SSSR count). The minimum absolute atomic E-state index is 0.404. The molecule has 0 spiro atoms. The fraction of sp³-hybridized carbons (Fsp3) is 0.786. The number of ether oxygens (including phenoxy) is 1. The number of nitrogens with one attached hydrogen (secondary N) is 1. The van der Waals surface area contributed by atoms with E-state index in [4.69, 9.17) is 9.72 Å². The number of aryl methyl sites for hydroxylation is 1. The smallest absolute Gasteiger partial charge is 0.0957 e. The second-order valence-corrected chi connectivity index (χ2v) is 5.97. The van der Waals surface area contributed by atoms with Gasteiger partial charge in [0, 0.05) is 24.4 Å². The Labute approximate surface area is 114 Å². The second-order valence-electron chi connectivity index (χ2n) is 4.80. The Kier molecular flexibility index (Phi) is 5.60. The second kappa shape index (κ2) is 7.22. The van der Waals surface area contributed by atoms with Gasteiger partial charge in [-0.3, -0.25) is 0 Å². The molecule has 0 amide bonds. The number of nitrogens with zero attached hydrogens (tertiary/aromatic N) is 1. The largest absolute Gasteiger partial charge is 0.378 e. The number of rotatable bonds is 6. The van der Waals surface area contributed by atoms with Gasteiger partial charge >= 0.3 is 0 Å². The van der Waals surface area contributed by atoms with Crippen LogP contribution in [-0.4, -0.2) is 24.2 Å². The molecule has 4 heteroatoms. The standard InChI is InChI=1S/C14H24N2OS/c1-3-12-13(10-15-4-2)18-14(16-12)9-11-7-5-6-8-17-11/h11,15H,3-10H2,1-2H3. The molecular formula is C14H24N2OS. The Balaban J connectivity index is 1.96. The molecule has 1 fully saturated rings. The first-order valence-electron chi connectivity index (χ1n) is 7.13. The van der Waals surface area contributed by atoms with E-state index >= 15 is 0 Å². The Morgan fingerprint density at radius 1 is 1.39 bits per heavy atom. The van der Waals surface area contributed by atoms with Crippen molar-refractivity contribution in [1.82, 2.24) is 10.3 Å². The van der Waals surface area contributed by atoms with Crippen molar-refractivity contribution in [2.24, 2.45) is 0 Å². The molecule has 1 N–H and O–H groups in total. The van der Waals surface area contributed by atoms with Gasteiger partial charge in [0.25, 0.3) is 0 Å². The lowest BCUT2D eigenvalue weighted by atomic mass is 10.1. The molecule has 1 aromatic heterocycles. The lowest BCUT2D eigenvalue weighted by Gasteiger charge is -2.21. The van der Waals surface area contributed by atoms with Crippen LogP contribution >= 0.6 is 11.3 Å². The van der Waals surface area contributed by atoms with Crippen molar-refractivity contribution in [3.8, 4) is 0 Å². The molecule has 0 bridgehead atoms. The zero-order valence-corrected chi connectivity index (χ0v) is 12.3. The van der Waals surface area contributed by atoms with Crippen LogP contribution in [0.1, 0.15) is 48.7 Å². The molecule has 0 saturated carbocycles. The minimum Gasteiger partial charge on any atom is -0.378 e. The summed E-state index contributed by atoms with van der Waals surface area (Å²) < 4.78 is 5.80. The quantitative estimate of drug-likeness (QED) is 0.861. The summed E-state index contributed by atoms with van der Waals surface area (Å²) in [6, 6.07) is 0. The summed E-state index contributed by atoms with van der Waals surface area (Å²) in [5.41, 5.74) is 1.27. The SMILES string of the molecule is CCNCc1sc(CC2CCCCO2)nc1CC. The molecule has 0 aliphatic carbocycles. The van der Waals surface area contributed by atoms with E-state index in [1.165, 1.54) is 34.8 Å². The third-order valence-electron chi connectivity index (χ3n) is 3.37. The van der Waals surface area contributed by atoms with Crippen LogP contribution in [0.15, 0.2) is 0 Å². The van der Waals surface area contributed by atoms with Crippen LogP contribution < -0.4 is 5.32 Å². The van der Waals surface area contributed by atoms with Gasteiger partial charge in [-0.25, -0.2) is 4.98 Å². The number of hydrogen-bond acceptors (Lipinski definition) is 4. The lowest BCUT2D eigenvalue weighted by molar-refractivity contribution is 0.0167. The molecule has 102 valence electrons. The van der Waals surface area contributed by atoms with Crippen LogP contribution in [0, 0.1) is 0 Å². The van der Waals surface area contributed by atoms with Gasteiger partial charge in [0.15, 0.2) is 0 Å². The third kappa shape index (κ3) is 3.77. The van der Waals surface area contributed by atoms with Gasteiger partial charge in [0.05, 0.1) is 16.8 Å². The van der Waals surface area contributed by atoms with Crippen molar-refractivity contribution in [2.75, 3.05) is 13.2 Å². The Morgan fingerprint density at radius 2 is 2.28 bits per heavy atom. The summed E-state index contributed by atoms with van der Waals surface area (Å²) >= 11 is 1.86. The average molecular weight is 268 g/mol. The van der Waals surface area contributed by atoms with Crippen molar-refractivity contribution >= 4 is 11.3 Å². The van der Waals surface area contributed by atoms with E-state index in [0.717, 1.165) is 32.5 Å². The van der Waals surface area contributed by atoms with Crippen LogP contribution in [0.2, 0.25) is 0 Å². The predicted molar refractivity (Wildman–Crippen MR) is 76.2 cm³/mol. The van der Waals surface area contributed by atoms with Gasteiger partial charge in [-0.05, 0) is 32.2 Å². The summed E-state index contributed by atoms with van der Waals surface area (Å²) in [5.74, 6) is 0. The number of hydrogen-bond donors (Lipinski definition) is 1. The Bertz CT molecular complexity index is 359. The highest BCUT2D eigenvalue weighted by Crippen LogP contribution is 2.23. The molecular weight excluding hydrogens is 244 g/mol.